The summed E-state index contributed by atoms with van der Waals surface area (Å²) in [4.78, 5) is 25.9. The van der Waals surface area contributed by atoms with Crippen LogP contribution >= 0.6 is 21.6 Å². The average molecular weight is 675 g/mol. The lowest BCUT2D eigenvalue weighted by Gasteiger charge is -2.13. The second-order valence-electron chi connectivity index (χ2n) is 11.2. The zero-order valence-electron chi connectivity index (χ0n) is 26.1. The van der Waals surface area contributed by atoms with Gasteiger partial charge in [0.15, 0.2) is 0 Å². The third-order valence-electron chi connectivity index (χ3n) is 8.24. The van der Waals surface area contributed by atoms with Crippen LogP contribution in [-0.2, 0) is 22.4 Å². The first-order valence-electron chi connectivity index (χ1n) is 15.6. The van der Waals surface area contributed by atoms with Gasteiger partial charge in [-0.15, -0.1) is 0 Å². The maximum atomic E-state index is 12.9. The van der Waals surface area contributed by atoms with Crippen LogP contribution in [0.5, 0.6) is 0 Å². The van der Waals surface area contributed by atoms with Gasteiger partial charge in [0.05, 0.1) is 0 Å². The largest absolute Gasteiger partial charge is 0.410 e. The molecule has 0 aliphatic heterocycles. The van der Waals surface area contributed by atoms with Gasteiger partial charge in [0.25, 0.3) is 11.8 Å². The van der Waals surface area contributed by atoms with E-state index in [9.17, 15) is 20.0 Å². The molecule has 48 heavy (non-hydrogen) atoms. The van der Waals surface area contributed by atoms with Crippen molar-refractivity contribution in [1.82, 2.24) is 10.6 Å². The number of fused-ring (bicyclic) bond motifs is 4. The summed E-state index contributed by atoms with van der Waals surface area (Å²) in [5.41, 5.74) is 1.99. The van der Waals surface area contributed by atoms with Gasteiger partial charge in [-0.2, -0.15) is 0 Å². The fourth-order valence-corrected chi connectivity index (χ4v) is 7.80. The smallest absolute Gasteiger partial charge is 0.269 e. The molecule has 10 heteroatoms. The number of nitrogens with one attached hydrogen (secondary N) is 2. The maximum absolute atomic E-state index is 12.9. The lowest BCUT2D eigenvalue weighted by atomic mass is 9.93. The third kappa shape index (κ3) is 7.40. The number of amides is 2. The maximum Gasteiger partial charge on any atom is 0.269 e. The molecule has 0 saturated carbocycles. The van der Waals surface area contributed by atoms with E-state index in [2.05, 4.69) is 33.1 Å². The number of hydrogen-bond donors (Lipinski definition) is 4. The lowest BCUT2D eigenvalue weighted by Crippen LogP contribution is -2.34. The van der Waals surface area contributed by atoms with E-state index in [1.165, 1.54) is 0 Å². The van der Waals surface area contributed by atoms with Crippen LogP contribution in [0.4, 0.5) is 0 Å². The van der Waals surface area contributed by atoms with Gasteiger partial charge in [0.1, 0.15) is 11.4 Å². The Labute approximate surface area is 285 Å². The molecular weight excluding hydrogens is 641 g/mol. The summed E-state index contributed by atoms with van der Waals surface area (Å²) in [5.74, 6) is 0.416. The van der Waals surface area contributed by atoms with Crippen LogP contribution in [0.15, 0.2) is 120 Å². The summed E-state index contributed by atoms with van der Waals surface area (Å²) in [6.45, 7) is 0.775. The topological polar surface area (TPSA) is 123 Å². The summed E-state index contributed by atoms with van der Waals surface area (Å²) in [7, 11) is 3.12. The molecule has 8 nitrogen and oxygen atoms in total. The number of carbonyl (C=O) groups excluding carboxylic acids is 2. The van der Waals surface area contributed by atoms with E-state index in [0.29, 0.717) is 24.6 Å². The Hall–Kier alpha value is -5.06. The van der Waals surface area contributed by atoms with Crippen molar-refractivity contribution in [1.29, 1.82) is 0 Å². The number of carbonyl (C=O) groups is 2. The van der Waals surface area contributed by atoms with Crippen LogP contribution in [0.3, 0.4) is 0 Å². The molecule has 0 aliphatic rings. The first-order chi connectivity index (χ1) is 23.6. The molecular formula is C38H34N4O4S2. The molecule has 0 saturated heterocycles. The van der Waals surface area contributed by atoms with Crippen molar-refractivity contribution in [2.45, 2.75) is 12.8 Å². The minimum atomic E-state index is -0.415. The van der Waals surface area contributed by atoms with E-state index in [1.807, 2.05) is 97.1 Å². The van der Waals surface area contributed by atoms with E-state index in [1.54, 1.807) is 21.6 Å². The van der Waals surface area contributed by atoms with Crippen molar-refractivity contribution in [2.75, 3.05) is 24.6 Å². The molecule has 0 radical (unpaired) electrons. The van der Waals surface area contributed by atoms with E-state index < -0.39 is 11.8 Å². The third-order valence-corrected chi connectivity index (χ3v) is 10.7. The predicted molar refractivity (Wildman–Crippen MR) is 200 cm³/mol. The molecule has 0 aliphatic carbocycles. The number of nitrogens with zero attached hydrogens (tertiary/aromatic N) is 2. The molecule has 6 aromatic carbocycles. The summed E-state index contributed by atoms with van der Waals surface area (Å²) in [6, 6.07) is 36.2. The number of oxime groups is 2. The first kappa shape index (κ1) is 32.9. The normalized spacial score (nSPS) is 12.2. The quantitative estimate of drug-likeness (QED) is 0.0254. The van der Waals surface area contributed by atoms with Gasteiger partial charge in [0, 0.05) is 37.4 Å². The fraction of sp³-hybridized carbons (Fsp3) is 0.158. The van der Waals surface area contributed by atoms with Gasteiger partial charge in [-0.3, -0.25) is 9.59 Å². The van der Waals surface area contributed by atoms with Crippen LogP contribution in [0.1, 0.15) is 11.1 Å². The molecule has 0 aromatic heterocycles. The lowest BCUT2D eigenvalue weighted by molar-refractivity contribution is -0.115. The molecule has 4 N–H and O–H groups in total. The Morgan fingerprint density at radius 2 is 0.833 bits per heavy atom. The van der Waals surface area contributed by atoms with Gasteiger partial charge in [-0.05, 0) is 66.3 Å². The molecule has 242 valence electrons. The number of benzene rings is 6. The number of hydrogen-bond acceptors (Lipinski definition) is 8. The SMILES string of the molecule is O=C(NCCSSCCNC(=O)/C(Cc1c2ccccc2cc2ccccc12)=N\O)/C(Cc1c2ccccc2cc2ccccc12)=N\O. The van der Waals surface area contributed by atoms with Gasteiger partial charge in [-0.25, -0.2) is 0 Å². The summed E-state index contributed by atoms with van der Waals surface area (Å²) >= 11 is 0. The second-order valence-corrected chi connectivity index (χ2v) is 13.9. The minimum absolute atomic E-state index is 0.0507. The van der Waals surface area contributed by atoms with E-state index >= 15 is 0 Å². The van der Waals surface area contributed by atoms with Crippen LogP contribution in [0, 0.1) is 0 Å². The molecule has 2 amide bonds. The van der Waals surface area contributed by atoms with Crippen molar-refractivity contribution in [3.63, 3.8) is 0 Å². The van der Waals surface area contributed by atoms with Crippen molar-refractivity contribution in [3.8, 4) is 0 Å². The highest BCUT2D eigenvalue weighted by molar-refractivity contribution is 8.76. The minimum Gasteiger partial charge on any atom is -0.410 e. The van der Waals surface area contributed by atoms with Crippen molar-refractivity contribution < 1.29 is 20.0 Å². The standard InChI is InChI=1S/C38H34N4O4S2/c43-37(35(41-45)23-33-29-13-5-1-9-25(29)21-26-10-2-6-14-30(26)33)39-17-19-47-48-20-18-40-38(44)36(42-46)24-34-31-15-7-3-11-27(31)22-28-12-4-8-16-32(28)34/h1-16,21-22,45-46H,17-20,23-24H2,(H,39,43)(H,40,44)/b41-35-,42-36-. The molecule has 0 spiro atoms. The van der Waals surface area contributed by atoms with Crippen LogP contribution in [-0.4, -0.2) is 58.2 Å². The van der Waals surface area contributed by atoms with Crippen molar-refractivity contribution in [2.24, 2.45) is 10.3 Å². The van der Waals surface area contributed by atoms with Crippen LogP contribution in [0.25, 0.3) is 43.1 Å². The highest BCUT2D eigenvalue weighted by Crippen LogP contribution is 2.30. The zero-order valence-corrected chi connectivity index (χ0v) is 27.7. The van der Waals surface area contributed by atoms with Gasteiger partial charge < -0.3 is 21.0 Å². The predicted octanol–water partition coefficient (Wildman–Crippen LogP) is 7.36. The first-order valence-corrected chi connectivity index (χ1v) is 18.1. The molecule has 6 aromatic rings. The van der Waals surface area contributed by atoms with Gasteiger partial charge in [-0.1, -0.05) is 129 Å². The summed E-state index contributed by atoms with van der Waals surface area (Å²) in [6.07, 6.45) is 0.392. The zero-order chi connectivity index (χ0) is 33.3. The van der Waals surface area contributed by atoms with Gasteiger partial charge >= 0.3 is 0 Å². The van der Waals surface area contributed by atoms with Crippen molar-refractivity contribution in [3.05, 3.63) is 120 Å². The highest BCUT2D eigenvalue weighted by Gasteiger charge is 2.18. The van der Waals surface area contributed by atoms with E-state index in [-0.39, 0.29) is 24.3 Å². The summed E-state index contributed by atoms with van der Waals surface area (Å²) in [5, 5.41) is 40.2. The molecule has 0 bridgehead atoms. The molecule has 0 fully saturated rings. The fourth-order valence-electron chi connectivity index (χ4n) is 5.99. The Morgan fingerprint density at radius 3 is 1.15 bits per heavy atom. The monoisotopic (exact) mass is 674 g/mol. The Bertz CT molecular complexity index is 1920. The Morgan fingerprint density at radius 1 is 0.521 bits per heavy atom. The summed E-state index contributed by atoms with van der Waals surface area (Å²) < 4.78 is 0. The molecule has 0 unspecified atom stereocenters. The second kappa shape index (κ2) is 15.7. The Kier molecular flexibility index (Phi) is 10.7. The number of rotatable bonds is 13. The highest BCUT2D eigenvalue weighted by atomic mass is 33.1. The van der Waals surface area contributed by atoms with Gasteiger partial charge in [0.2, 0.25) is 0 Å². The van der Waals surface area contributed by atoms with Crippen LogP contribution < -0.4 is 10.6 Å². The van der Waals surface area contributed by atoms with E-state index in [4.69, 9.17) is 0 Å². The van der Waals surface area contributed by atoms with Crippen molar-refractivity contribution >= 4 is 87.9 Å². The Balaban J connectivity index is 0.957. The molecule has 0 heterocycles. The molecule has 6 rings (SSSR count). The van der Waals surface area contributed by atoms with Crippen LogP contribution in [0.2, 0.25) is 0 Å². The van der Waals surface area contributed by atoms with E-state index in [0.717, 1.165) is 54.2 Å². The molecule has 0 atom stereocenters. The average Bonchev–Trinajstić information content (AvgIpc) is 3.12.